The number of para-hydroxylation sites is 2. The Morgan fingerprint density at radius 3 is 2.54 bits per heavy atom. The maximum absolute atomic E-state index is 14.0. The van der Waals surface area contributed by atoms with Crippen LogP contribution in [0.5, 0.6) is 0 Å². The smallest absolute Gasteiger partial charge is 0.290 e. The second-order valence-corrected chi connectivity index (χ2v) is 10.6. The summed E-state index contributed by atoms with van der Waals surface area (Å²) >= 11 is 7.41. The van der Waals surface area contributed by atoms with Gasteiger partial charge in [0, 0.05) is 17.3 Å². The van der Waals surface area contributed by atoms with Crippen LogP contribution >= 0.6 is 22.9 Å². The highest BCUT2D eigenvalue weighted by molar-refractivity contribution is 7.19. The van der Waals surface area contributed by atoms with Crippen LogP contribution in [0.4, 0.5) is 0 Å². The molecular formula is C28H29ClN4O3S. The molecule has 1 N–H and O–H groups in total. The molecule has 2 aromatic heterocycles. The average Bonchev–Trinajstić information content (AvgIpc) is 3.51. The number of ketones is 1. The number of rotatable bonds is 9. The zero-order chi connectivity index (χ0) is 26.3. The van der Waals surface area contributed by atoms with Crippen molar-refractivity contribution in [1.82, 2.24) is 19.2 Å². The molecule has 0 saturated carbocycles. The van der Waals surface area contributed by atoms with Crippen molar-refractivity contribution in [2.24, 2.45) is 0 Å². The van der Waals surface area contributed by atoms with Gasteiger partial charge in [-0.15, -0.1) is 0 Å². The van der Waals surface area contributed by atoms with Gasteiger partial charge in [-0.1, -0.05) is 61.1 Å². The molecule has 4 aromatic rings. The van der Waals surface area contributed by atoms with E-state index < -0.39 is 17.7 Å². The molecule has 0 aliphatic carbocycles. The molecule has 192 valence electrons. The zero-order valence-corrected chi connectivity index (χ0v) is 22.6. The Balaban J connectivity index is 1.54. The number of hydrogen-bond donors (Lipinski definition) is 1. The third-order valence-electron chi connectivity index (χ3n) is 7.10. The van der Waals surface area contributed by atoms with Crippen molar-refractivity contribution in [3.63, 3.8) is 0 Å². The Bertz CT molecular complexity index is 1520. The molecule has 1 aliphatic heterocycles. The van der Waals surface area contributed by atoms with E-state index in [0.29, 0.717) is 21.4 Å². The fourth-order valence-corrected chi connectivity index (χ4v) is 6.33. The molecule has 9 heteroatoms. The topological polar surface area (TPSA) is 78.2 Å². The minimum absolute atomic E-state index is 0.104. The van der Waals surface area contributed by atoms with Crippen LogP contribution in [0.25, 0.3) is 16.0 Å². The number of fused-ring (bicyclic) bond motifs is 3. The number of thiazole rings is 1. The van der Waals surface area contributed by atoms with Gasteiger partial charge in [0.15, 0.2) is 10.7 Å². The quantitative estimate of drug-likeness (QED) is 0.273. The molecule has 0 fully saturated rings. The van der Waals surface area contributed by atoms with Crippen LogP contribution in [0.1, 0.15) is 47.2 Å². The largest absolute Gasteiger partial charge is 0.503 e. The SMILES string of the molecule is CCN(CC)CCCN1C(=O)C(O)=C(C(=O)c2sc3nc4ccccc4n3c2C)C1c1ccc(Cl)cc1. The highest BCUT2D eigenvalue weighted by Gasteiger charge is 2.44. The van der Waals surface area contributed by atoms with Gasteiger partial charge in [0.05, 0.1) is 27.5 Å². The van der Waals surface area contributed by atoms with Crippen molar-refractivity contribution < 1.29 is 14.7 Å². The van der Waals surface area contributed by atoms with Gasteiger partial charge in [-0.25, -0.2) is 4.98 Å². The first-order valence-corrected chi connectivity index (χ1v) is 13.7. The molecule has 3 heterocycles. The van der Waals surface area contributed by atoms with Crippen molar-refractivity contribution in [2.75, 3.05) is 26.2 Å². The van der Waals surface area contributed by atoms with Crippen molar-refractivity contribution in [1.29, 1.82) is 0 Å². The van der Waals surface area contributed by atoms with E-state index in [9.17, 15) is 14.7 Å². The Labute approximate surface area is 224 Å². The molecule has 0 saturated heterocycles. The number of aliphatic hydroxyl groups is 1. The minimum Gasteiger partial charge on any atom is -0.503 e. The molecule has 1 unspecified atom stereocenters. The van der Waals surface area contributed by atoms with Gasteiger partial charge in [0.1, 0.15) is 0 Å². The standard InChI is InChI=1S/C28H29ClN4O3S/c1-4-31(5-2)15-8-16-32-23(18-11-13-19(29)14-12-18)22(25(35)27(32)36)24(34)26-17(3)33-21-10-7-6-9-20(21)30-28(33)37-26/h6-7,9-14,23,35H,4-5,8,15-16H2,1-3H3. The number of aliphatic hydroxyl groups excluding tert-OH is 1. The number of aromatic nitrogens is 2. The van der Waals surface area contributed by atoms with E-state index in [-0.39, 0.29) is 11.4 Å². The second-order valence-electron chi connectivity index (χ2n) is 9.16. The number of aryl methyl sites for hydroxylation is 1. The summed E-state index contributed by atoms with van der Waals surface area (Å²) < 4.78 is 1.96. The van der Waals surface area contributed by atoms with E-state index in [1.165, 1.54) is 11.3 Å². The number of carbonyl (C=O) groups is 2. The van der Waals surface area contributed by atoms with E-state index in [1.54, 1.807) is 17.0 Å². The van der Waals surface area contributed by atoms with Gasteiger partial charge in [-0.3, -0.25) is 14.0 Å². The summed E-state index contributed by atoms with van der Waals surface area (Å²) in [6, 6.07) is 14.2. The highest BCUT2D eigenvalue weighted by atomic mass is 35.5. The van der Waals surface area contributed by atoms with Crippen LogP contribution in [0, 0.1) is 6.92 Å². The summed E-state index contributed by atoms with van der Waals surface area (Å²) in [6.45, 7) is 9.17. The summed E-state index contributed by atoms with van der Waals surface area (Å²) in [5, 5.41) is 11.6. The lowest BCUT2D eigenvalue weighted by Gasteiger charge is -2.28. The Morgan fingerprint density at radius 2 is 1.84 bits per heavy atom. The van der Waals surface area contributed by atoms with E-state index in [2.05, 4.69) is 23.7 Å². The first kappa shape index (κ1) is 25.4. The molecule has 0 radical (unpaired) electrons. The van der Waals surface area contributed by atoms with E-state index in [1.807, 2.05) is 47.7 Å². The average molecular weight is 537 g/mol. The van der Waals surface area contributed by atoms with Crippen molar-refractivity contribution in [3.8, 4) is 0 Å². The van der Waals surface area contributed by atoms with Crippen molar-refractivity contribution in [3.05, 3.63) is 81.0 Å². The lowest BCUT2D eigenvalue weighted by atomic mass is 9.95. The number of nitrogens with zero attached hydrogens (tertiary/aromatic N) is 4. The number of benzene rings is 2. The van der Waals surface area contributed by atoms with Crippen LogP contribution in [0.2, 0.25) is 5.02 Å². The predicted molar refractivity (Wildman–Crippen MR) is 148 cm³/mol. The number of Topliss-reactive ketones (excluding diaryl/α,β-unsaturated/α-hetero) is 1. The van der Waals surface area contributed by atoms with Crippen molar-refractivity contribution in [2.45, 2.75) is 33.2 Å². The van der Waals surface area contributed by atoms with E-state index in [0.717, 1.165) is 48.3 Å². The first-order chi connectivity index (χ1) is 17.8. The Morgan fingerprint density at radius 1 is 1.14 bits per heavy atom. The number of carbonyl (C=O) groups excluding carboxylic acids is 2. The number of halogens is 1. The summed E-state index contributed by atoms with van der Waals surface area (Å²) in [6.07, 6.45) is 0.726. The normalized spacial score (nSPS) is 16.2. The Kier molecular flexibility index (Phi) is 7.07. The molecule has 5 rings (SSSR count). The van der Waals surface area contributed by atoms with Gasteiger partial charge in [0.2, 0.25) is 5.78 Å². The third kappa shape index (κ3) is 4.43. The van der Waals surface area contributed by atoms with Gasteiger partial charge < -0.3 is 14.9 Å². The predicted octanol–water partition coefficient (Wildman–Crippen LogP) is 5.82. The van der Waals surface area contributed by atoms with Crippen LogP contribution in [-0.2, 0) is 4.79 Å². The molecule has 0 bridgehead atoms. The molecule has 37 heavy (non-hydrogen) atoms. The summed E-state index contributed by atoms with van der Waals surface area (Å²) in [7, 11) is 0. The van der Waals surface area contributed by atoms with Crippen LogP contribution in [0.15, 0.2) is 59.9 Å². The lowest BCUT2D eigenvalue weighted by Crippen LogP contribution is -2.34. The van der Waals surface area contributed by atoms with Crippen molar-refractivity contribution >= 4 is 50.6 Å². The van der Waals surface area contributed by atoms with Crippen LogP contribution in [0.3, 0.4) is 0 Å². The summed E-state index contributed by atoms with van der Waals surface area (Å²) in [5.41, 5.74) is 3.34. The lowest BCUT2D eigenvalue weighted by molar-refractivity contribution is -0.129. The molecule has 1 atom stereocenters. The molecule has 1 amide bonds. The monoisotopic (exact) mass is 536 g/mol. The molecule has 2 aromatic carbocycles. The van der Waals surface area contributed by atoms with Gasteiger partial charge >= 0.3 is 0 Å². The maximum atomic E-state index is 14.0. The minimum atomic E-state index is -0.695. The van der Waals surface area contributed by atoms with E-state index in [4.69, 9.17) is 11.6 Å². The number of imidazole rings is 1. The van der Waals surface area contributed by atoms with Crippen LogP contribution < -0.4 is 0 Å². The van der Waals surface area contributed by atoms with Crippen LogP contribution in [-0.4, -0.2) is 62.2 Å². The Hall–Kier alpha value is -3.20. The van der Waals surface area contributed by atoms with E-state index >= 15 is 0 Å². The fourth-order valence-electron chi connectivity index (χ4n) is 5.11. The highest BCUT2D eigenvalue weighted by Crippen LogP contribution is 2.41. The maximum Gasteiger partial charge on any atom is 0.290 e. The fraction of sp³-hybridized carbons (Fsp3) is 0.321. The molecular weight excluding hydrogens is 508 g/mol. The number of hydrogen-bond acceptors (Lipinski definition) is 6. The summed E-state index contributed by atoms with van der Waals surface area (Å²) in [5.74, 6) is -1.36. The zero-order valence-electron chi connectivity index (χ0n) is 21.1. The molecule has 1 aliphatic rings. The number of amides is 1. The molecule has 7 nitrogen and oxygen atoms in total. The summed E-state index contributed by atoms with van der Waals surface area (Å²) in [4.78, 5) is 37.1. The van der Waals surface area contributed by atoms with Gasteiger partial charge in [-0.05, 0) is 62.8 Å². The first-order valence-electron chi connectivity index (χ1n) is 12.5. The second kappa shape index (κ2) is 10.3. The van der Waals surface area contributed by atoms with Gasteiger partial charge in [0.25, 0.3) is 5.91 Å². The molecule has 0 spiro atoms. The van der Waals surface area contributed by atoms with Gasteiger partial charge in [-0.2, -0.15) is 0 Å². The third-order valence-corrected chi connectivity index (χ3v) is 8.49.